The van der Waals surface area contributed by atoms with Crippen LogP contribution in [0.4, 0.5) is 11.4 Å². The number of benzene rings is 2. The van der Waals surface area contributed by atoms with E-state index >= 15 is 0 Å². The second kappa shape index (κ2) is 10.6. The van der Waals surface area contributed by atoms with Crippen LogP contribution in [0, 0.1) is 0 Å². The minimum atomic E-state index is -1.01. The van der Waals surface area contributed by atoms with Crippen molar-refractivity contribution in [3.8, 4) is 0 Å². The van der Waals surface area contributed by atoms with Gasteiger partial charge in [-0.3, -0.25) is 4.79 Å². The summed E-state index contributed by atoms with van der Waals surface area (Å²) in [4.78, 5) is 25.0. The third-order valence-corrected chi connectivity index (χ3v) is 4.13. The second-order valence-electron chi connectivity index (χ2n) is 5.66. The molecule has 0 bridgehead atoms. The van der Waals surface area contributed by atoms with Crippen molar-refractivity contribution in [2.45, 2.75) is 0 Å². The zero-order valence-corrected chi connectivity index (χ0v) is 16.1. The number of carboxylic acid groups (broad SMARTS) is 1. The number of alkyl halides is 2. The van der Waals surface area contributed by atoms with Crippen LogP contribution < -0.4 is 10.2 Å². The quantitative estimate of drug-likeness (QED) is 0.480. The first-order chi connectivity index (χ1) is 13.0. The highest BCUT2D eigenvalue weighted by Crippen LogP contribution is 2.17. The lowest BCUT2D eigenvalue weighted by Gasteiger charge is -2.22. The molecule has 2 N–H and O–H groups in total. The van der Waals surface area contributed by atoms with Gasteiger partial charge in [-0.1, -0.05) is 12.1 Å². The van der Waals surface area contributed by atoms with Gasteiger partial charge < -0.3 is 15.3 Å². The van der Waals surface area contributed by atoms with E-state index in [1.807, 2.05) is 12.1 Å². The van der Waals surface area contributed by atoms with Gasteiger partial charge in [-0.05, 0) is 48.0 Å². The first-order valence-corrected chi connectivity index (χ1v) is 9.39. The normalized spacial score (nSPS) is 10.7. The number of aliphatic carboxylic acids is 1. The number of hydrogen-bond donors (Lipinski definition) is 2. The molecular formula is C20H20Cl2N2O3. The number of amides is 1. The summed E-state index contributed by atoms with van der Waals surface area (Å²) in [6.45, 7) is 1.37. The molecule has 142 valence electrons. The van der Waals surface area contributed by atoms with E-state index in [-0.39, 0.29) is 5.91 Å². The highest BCUT2D eigenvalue weighted by molar-refractivity contribution is 6.18. The van der Waals surface area contributed by atoms with Crippen LogP contribution in [0.1, 0.15) is 15.9 Å². The Labute approximate surface area is 168 Å². The minimum Gasteiger partial charge on any atom is -0.478 e. The van der Waals surface area contributed by atoms with Gasteiger partial charge in [-0.2, -0.15) is 0 Å². The summed E-state index contributed by atoms with van der Waals surface area (Å²) in [7, 11) is 0. The number of anilines is 2. The number of hydrogen-bond acceptors (Lipinski definition) is 3. The fourth-order valence-corrected chi connectivity index (χ4v) is 2.85. The average Bonchev–Trinajstić information content (AvgIpc) is 2.67. The van der Waals surface area contributed by atoms with Gasteiger partial charge in [0.15, 0.2) is 0 Å². The average molecular weight is 407 g/mol. The zero-order chi connectivity index (χ0) is 19.6. The molecule has 0 aliphatic rings. The maximum absolute atomic E-state index is 12.4. The van der Waals surface area contributed by atoms with E-state index in [1.54, 1.807) is 36.4 Å². The molecular weight excluding hydrogens is 387 g/mol. The van der Waals surface area contributed by atoms with Crippen molar-refractivity contribution in [2.75, 3.05) is 35.1 Å². The van der Waals surface area contributed by atoms with E-state index in [1.165, 1.54) is 6.08 Å². The summed E-state index contributed by atoms with van der Waals surface area (Å²) in [5, 5.41) is 11.4. The second-order valence-corrected chi connectivity index (χ2v) is 6.42. The lowest BCUT2D eigenvalue weighted by molar-refractivity contribution is -0.131. The molecule has 0 fully saturated rings. The Morgan fingerprint density at radius 2 is 1.56 bits per heavy atom. The smallest absolute Gasteiger partial charge is 0.328 e. The maximum Gasteiger partial charge on any atom is 0.328 e. The van der Waals surface area contributed by atoms with Crippen molar-refractivity contribution in [3.63, 3.8) is 0 Å². The minimum absolute atomic E-state index is 0.225. The molecule has 0 aliphatic carbocycles. The van der Waals surface area contributed by atoms with Crippen LogP contribution in [0.25, 0.3) is 6.08 Å². The lowest BCUT2D eigenvalue weighted by Crippen LogP contribution is -2.27. The molecule has 0 unspecified atom stereocenters. The first-order valence-electron chi connectivity index (χ1n) is 8.33. The van der Waals surface area contributed by atoms with Gasteiger partial charge in [0, 0.05) is 47.9 Å². The third-order valence-electron chi connectivity index (χ3n) is 3.79. The van der Waals surface area contributed by atoms with Crippen LogP contribution in [0.15, 0.2) is 54.6 Å². The summed E-state index contributed by atoms with van der Waals surface area (Å²) in [6, 6.07) is 14.1. The molecule has 2 aromatic rings. The summed E-state index contributed by atoms with van der Waals surface area (Å²) in [6.07, 6.45) is 2.55. The molecule has 0 heterocycles. The van der Waals surface area contributed by atoms with Crippen molar-refractivity contribution in [3.05, 3.63) is 65.7 Å². The summed E-state index contributed by atoms with van der Waals surface area (Å²) >= 11 is 11.6. The van der Waals surface area contributed by atoms with Crippen molar-refractivity contribution in [1.29, 1.82) is 0 Å². The SMILES string of the molecule is O=C(O)C=Cc1ccc(NC(=O)c2ccc(N(CCCl)CCCl)cc2)cc1. The van der Waals surface area contributed by atoms with Crippen molar-refractivity contribution < 1.29 is 14.7 Å². The number of carbonyl (C=O) groups excluding carboxylic acids is 1. The summed E-state index contributed by atoms with van der Waals surface area (Å²) < 4.78 is 0. The highest BCUT2D eigenvalue weighted by atomic mass is 35.5. The van der Waals surface area contributed by atoms with Crippen LogP contribution in [0.2, 0.25) is 0 Å². The van der Waals surface area contributed by atoms with Crippen LogP contribution in [-0.2, 0) is 4.79 Å². The monoisotopic (exact) mass is 406 g/mol. The summed E-state index contributed by atoms with van der Waals surface area (Å²) in [5.41, 5.74) is 2.86. The molecule has 0 saturated heterocycles. The third kappa shape index (κ3) is 6.62. The summed E-state index contributed by atoms with van der Waals surface area (Å²) in [5.74, 6) is -0.240. The molecule has 7 heteroatoms. The highest BCUT2D eigenvalue weighted by Gasteiger charge is 2.09. The lowest BCUT2D eigenvalue weighted by atomic mass is 10.1. The van der Waals surface area contributed by atoms with E-state index in [4.69, 9.17) is 28.3 Å². The molecule has 0 saturated carbocycles. The van der Waals surface area contributed by atoms with E-state index in [2.05, 4.69) is 10.2 Å². The van der Waals surface area contributed by atoms with Crippen LogP contribution in [0.3, 0.4) is 0 Å². The van der Waals surface area contributed by atoms with Crippen molar-refractivity contribution in [2.24, 2.45) is 0 Å². The fraction of sp³-hybridized carbons (Fsp3) is 0.200. The number of nitrogens with zero attached hydrogens (tertiary/aromatic N) is 1. The Morgan fingerprint density at radius 1 is 0.963 bits per heavy atom. The van der Waals surface area contributed by atoms with Gasteiger partial charge in [0.25, 0.3) is 5.91 Å². The number of nitrogens with one attached hydrogen (secondary N) is 1. The van der Waals surface area contributed by atoms with Crippen LogP contribution >= 0.6 is 23.2 Å². The van der Waals surface area contributed by atoms with E-state index < -0.39 is 5.97 Å². The Hall–Kier alpha value is -2.50. The Bertz CT molecular complexity index is 784. The molecule has 0 radical (unpaired) electrons. The van der Waals surface area contributed by atoms with Gasteiger partial charge >= 0.3 is 5.97 Å². The molecule has 0 aromatic heterocycles. The number of halogens is 2. The molecule has 5 nitrogen and oxygen atoms in total. The molecule has 0 spiro atoms. The molecule has 0 aliphatic heterocycles. The predicted molar refractivity (Wildman–Crippen MR) is 111 cm³/mol. The maximum atomic E-state index is 12.4. The van der Waals surface area contributed by atoms with Crippen LogP contribution in [-0.4, -0.2) is 41.8 Å². The van der Waals surface area contributed by atoms with Crippen molar-refractivity contribution in [1.82, 2.24) is 0 Å². The van der Waals surface area contributed by atoms with E-state index in [0.717, 1.165) is 17.3 Å². The predicted octanol–water partition coefficient (Wildman–Crippen LogP) is 4.32. The first kappa shape index (κ1) is 20.8. The van der Waals surface area contributed by atoms with E-state index in [9.17, 15) is 9.59 Å². The molecule has 1 amide bonds. The number of carboxylic acids is 1. The zero-order valence-electron chi connectivity index (χ0n) is 14.6. The fourth-order valence-electron chi connectivity index (χ4n) is 2.45. The molecule has 0 atom stereocenters. The van der Waals surface area contributed by atoms with Gasteiger partial charge in [-0.15, -0.1) is 23.2 Å². The number of rotatable bonds is 9. The topological polar surface area (TPSA) is 69.6 Å². The Morgan fingerprint density at radius 3 is 2.07 bits per heavy atom. The van der Waals surface area contributed by atoms with Gasteiger partial charge in [-0.25, -0.2) is 4.79 Å². The Kier molecular flexibility index (Phi) is 8.17. The van der Waals surface area contributed by atoms with Gasteiger partial charge in [0.1, 0.15) is 0 Å². The Balaban J connectivity index is 2.02. The largest absolute Gasteiger partial charge is 0.478 e. The van der Waals surface area contributed by atoms with Gasteiger partial charge in [0.05, 0.1) is 0 Å². The van der Waals surface area contributed by atoms with E-state index in [0.29, 0.717) is 36.1 Å². The van der Waals surface area contributed by atoms with Crippen LogP contribution in [0.5, 0.6) is 0 Å². The number of carbonyl (C=O) groups is 2. The van der Waals surface area contributed by atoms with Gasteiger partial charge in [0.2, 0.25) is 0 Å². The molecule has 2 aromatic carbocycles. The van der Waals surface area contributed by atoms with Crippen molar-refractivity contribution >= 4 is 52.5 Å². The molecule has 27 heavy (non-hydrogen) atoms. The molecule has 2 rings (SSSR count). The standard InChI is InChI=1S/C20H20Cl2N2O3/c21-11-13-24(14-12-22)18-8-4-16(5-9-18)20(27)23-17-6-1-15(2-7-17)3-10-19(25)26/h1-10H,11-14H2,(H,23,27)(H,25,26).